The summed E-state index contributed by atoms with van der Waals surface area (Å²) in [6, 6.07) is 12.0. The Labute approximate surface area is 114 Å². The van der Waals surface area contributed by atoms with Crippen molar-refractivity contribution < 1.29 is 4.74 Å². The fourth-order valence-electron chi connectivity index (χ4n) is 1.53. The molecule has 1 unspecified atom stereocenters. The van der Waals surface area contributed by atoms with Gasteiger partial charge in [0, 0.05) is 4.47 Å². The van der Waals surface area contributed by atoms with Gasteiger partial charge in [-0.15, -0.1) is 0 Å². The smallest absolute Gasteiger partial charge is 0.145 e. The molecule has 2 aromatic carbocycles. The molecule has 0 amide bonds. The van der Waals surface area contributed by atoms with Crippen LogP contribution in [0.1, 0.15) is 6.92 Å². The molecule has 0 heterocycles. The second kappa shape index (κ2) is 5.02. The van der Waals surface area contributed by atoms with Crippen molar-refractivity contribution in [2.24, 2.45) is 5.73 Å². The summed E-state index contributed by atoms with van der Waals surface area (Å²) in [4.78, 5) is 0.362. The number of rotatable bonds is 3. The molecule has 2 N–H and O–H groups in total. The lowest BCUT2D eigenvalue weighted by molar-refractivity contribution is 0.289. The Kier molecular flexibility index (Phi) is 3.64. The van der Waals surface area contributed by atoms with Gasteiger partial charge in [-0.25, -0.2) is 0 Å². The minimum Gasteiger partial charge on any atom is -0.484 e. The van der Waals surface area contributed by atoms with Crippen LogP contribution < -0.4 is 10.5 Å². The Morgan fingerprint density at radius 1 is 1.24 bits per heavy atom. The van der Waals surface area contributed by atoms with Gasteiger partial charge in [0.05, 0.1) is 0 Å². The van der Waals surface area contributed by atoms with Crippen LogP contribution in [0.3, 0.4) is 0 Å². The van der Waals surface area contributed by atoms with Crippen molar-refractivity contribution in [1.82, 2.24) is 0 Å². The third-order valence-corrected chi connectivity index (χ3v) is 3.31. The fourth-order valence-corrected chi connectivity index (χ4v) is 1.96. The van der Waals surface area contributed by atoms with Crippen LogP contribution in [0.25, 0.3) is 10.8 Å². The molecule has 17 heavy (non-hydrogen) atoms. The fraction of sp³-hybridized carbons (Fsp3) is 0.154. The number of ether oxygens (including phenoxy) is 1. The summed E-state index contributed by atoms with van der Waals surface area (Å²) in [5, 5.41) is 2.29. The molecule has 0 fully saturated rings. The Balaban J connectivity index is 2.32. The largest absolute Gasteiger partial charge is 0.484 e. The molecule has 0 spiro atoms. The van der Waals surface area contributed by atoms with Gasteiger partial charge < -0.3 is 10.5 Å². The molecule has 0 radical (unpaired) electrons. The van der Waals surface area contributed by atoms with E-state index >= 15 is 0 Å². The van der Waals surface area contributed by atoms with Crippen LogP contribution in [0.5, 0.6) is 5.75 Å². The highest BCUT2D eigenvalue weighted by molar-refractivity contribution is 9.10. The van der Waals surface area contributed by atoms with Gasteiger partial charge in [-0.2, -0.15) is 0 Å². The number of hydrogen-bond donors (Lipinski definition) is 1. The maximum atomic E-state index is 5.64. The van der Waals surface area contributed by atoms with Crippen LogP contribution in [0.2, 0.25) is 0 Å². The van der Waals surface area contributed by atoms with Crippen LogP contribution in [0.4, 0.5) is 0 Å². The van der Waals surface area contributed by atoms with Gasteiger partial charge in [0.15, 0.2) is 0 Å². The zero-order chi connectivity index (χ0) is 12.4. The monoisotopic (exact) mass is 309 g/mol. The number of fused-ring (bicyclic) bond motifs is 1. The van der Waals surface area contributed by atoms with E-state index in [0.717, 1.165) is 21.0 Å². The quantitative estimate of drug-likeness (QED) is 0.879. The van der Waals surface area contributed by atoms with Crippen molar-refractivity contribution in [3.63, 3.8) is 0 Å². The third kappa shape index (κ3) is 2.96. The normalized spacial score (nSPS) is 12.4. The molecule has 0 aliphatic carbocycles. The molecule has 0 aliphatic heterocycles. The van der Waals surface area contributed by atoms with Crippen LogP contribution in [-0.4, -0.2) is 11.1 Å². The lowest BCUT2D eigenvalue weighted by Crippen LogP contribution is -2.28. The van der Waals surface area contributed by atoms with Gasteiger partial charge >= 0.3 is 0 Å². The van der Waals surface area contributed by atoms with Crippen molar-refractivity contribution >= 4 is 43.9 Å². The average molecular weight is 310 g/mol. The first-order valence-electron chi connectivity index (χ1n) is 5.21. The summed E-state index contributed by atoms with van der Waals surface area (Å²) in [5.41, 5.74) is 5.52. The van der Waals surface area contributed by atoms with E-state index in [4.69, 9.17) is 22.7 Å². The molecule has 1 atom stereocenters. The van der Waals surface area contributed by atoms with Gasteiger partial charge in [0.1, 0.15) is 16.8 Å². The minimum absolute atomic E-state index is 0.252. The second-order valence-corrected chi connectivity index (χ2v) is 5.20. The molecule has 0 saturated carbocycles. The summed E-state index contributed by atoms with van der Waals surface area (Å²) >= 11 is 8.32. The van der Waals surface area contributed by atoms with E-state index in [9.17, 15) is 0 Å². The van der Waals surface area contributed by atoms with Gasteiger partial charge in [0.25, 0.3) is 0 Å². The number of halogens is 1. The van der Waals surface area contributed by atoms with Gasteiger partial charge in [-0.1, -0.05) is 40.3 Å². The van der Waals surface area contributed by atoms with Crippen molar-refractivity contribution in [1.29, 1.82) is 0 Å². The zero-order valence-electron chi connectivity index (χ0n) is 9.31. The molecule has 2 rings (SSSR count). The molecule has 4 heteroatoms. The molecular weight excluding hydrogens is 298 g/mol. The Morgan fingerprint density at radius 3 is 2.59 bits per heavy atom. The van der Waals surface area contributed by atoms with Crippen LogP contribution >= 0.6 is 28.1 Å². The third-order valence-electron chi connectivity index (χ3n) is 2.49. The Bertz CT molecular complexity index is 570. The van der Waals surface area contributed by atoms with Crippen molar-refractivity contribution in [2.45, 2.75) is 13.0 Å². The van der Waals surface area contributed by atoms with E-state index in [0.29, 0.717) is 4.99 Å². The first kappa shape index (κ1) is 12.3. The summed E-state index contributed by atoms with van der Waals surface area (Å²) in [5.74, 6) is 0.778. The predicted molar refractivity (Wildman–Crippen MR) is 78.5 cm³/mol. The van der Waals surface area contributed by atoms with E-state index in [-0.39, 0.29) is 6.10 Å². The van der Waals surface area contributed by atoms with Gasteiger partial charge in [0.2, 0.25) is 0 Å². The van der Waals surface area contributed by atoms with E-state index in [1.165, 1.54) is 0 Å². The summed E-state index contributed by atoms with van der Waals surface area (Å²) in [6.45, 7) is 1.84. The molecule has 0 aromatic heterocycles. The number of benzene rings is 2. The molecular formula is C13H12BrNOS. The molecule has 0 saturated heterocycles. The van der Waals surface area contributed by atoms with Gasteiger partial charge in [-0.05, 0) is 42.0 Å². The number of nitrogens with two attached hydrogens (primary N) is 1. The van der Waals surface area contributed by atoms with Crippen LogP contribution in [0.15, 0.2) is 40.9 Å². The lowest BCUT2D eigenvalue weighted by Gasteiger charge is -2.13. The summed E-state index contributed by atoms with van der Waals surface area (Å²) < 4.78 is 6.70. The molecule has 0 bridgehead atoms. The molecule has 2 aromatic rings. The predicted octanol–water partition coefficient (Wildman–Crippen LogP) is 3.66. The van der Waals surface area contributed by atoms with E-state index in [1.807, 2.05) is 37.3 Å². The van der Waals surface area contributed by atoms with Crippen LogP contribution in [0, 0.1) is 0 Å². The molecule has 88 valence electrons. The highest BCUT2D eigenvalue weighted by atomic mass is 79.9. The summed E-state index contributed by atoms with van der Waals surface area (Å²) in [6.07, 6.45) is -0.252. The van der Waals surface area contributed by atoms with E-state index in [2.05, 4.69) is 22.0 Å². The Hall–Kier alpha value is -1.13. The van der Waals surface area contributed by atoms with Crippen molar-refractivity contribution in [3.05, 3.63) is 40.9 Å². The SMILES string of the molecule is CC(Oc1ccc2cc(Br)ccc2c1)C(N)=S. The standard InChI is InChI=1S/C13H12BrNOS/c1-8(13(15)17)16-12-5-3-9-6-11(14)4-2-10(9)7-12/h2-8H,1H3,(H2,15,17). The first-order chi connectivity index (χ1) is 8.06. The Morgan fingerprint density at radius 2 is 1.88 bits per heavy atom. The highest BCUT2D eigenvalue weighted by Gasteiger charge is 2.07. The van der Waals surface area contributed by atoms with Crippen molar-refractivity contribution in [3.8, 4) is 5.75 Å². The van der Waals surface area contributed by atoms with Gasteiger partial charge in [-0.3, -0.25) is 0 Å². The second-order valence-electron chi connectivity index (χ2n) is 3.82. The maximum Gasteiger partial charge on any atom is 0.145 e. The van der Waals surface area contributed by atoms with Crippen LogP contribution in [-0.2, 0) is 0 Å². The maximum absolute atomic E-state index is 5.64. The number of thiocarbonyl (C=S) groups is 1. The van der Waals surface area contributed by atoms with E-state index < -0.39 is 0 Å². The summed E-state index contributed by atoms with van der Waals surface area (Å²) in [7, 11) is 0. The van der Waals surface area contributed by atoms with Crippen molar-refractivity contribution in [2.75, 3.05) is 0 Å². The highest BCUT2D eigenvalue weighted by Crippen LogP contribution is 2.24. The molecule has 0 aliphatic rings. The lowest BCUT2D eigenvalue weighted by atomic mass is 10.1. The topological polar surface area (TPSA) is 35.2 Å². The first-order valence-corrected chi connectivity index (χ1v) is 6.41. The van der Waals surface area contributed by atoms with E-state index in [1.54, 1.807) is 0 Å². The average Bonchev–Trinajstić information content (AvgIpc) is 2.29. The molecule has 2 nitrogen and oxygen atoms in total. The number of hydrogen-bond acceptors (Lipinski definition) is 2. The minimum atomic E-state index is -0.252. The zero-order valence-corrected chi connectivity index (χ0v) is 11.7.